The second-order valence-corrected chi connectivity index (χ2v) is 18.6. The molecule has 0 saturated heterocycles. The number of nitrogens with one attached hydrogen (secondary N) is 1. The third-order valence-corrected chi connectivity index (χ3v) is 12.9. The maximum Gasteiger partial charge on any atom is 0.162 e. The van der Waals surface area contributed by atoms with E-state index in [0.717, 1.165) is 39.1 Å². The molecule has 0 fully saturated rings. The first-order chi connectivity index (χ1) is 39.4. The normalized spacial score (nSPS) is 10.4. The van der Waals surface area contributed by atoms with Gasteiger partial charge in [-0.25, -0.2) is 0 Å². The molecule has 0 radical (unpaired) electrons. The van der Waals surface area contributed by atoms with Crippen molar-refractivity contribution in [3.05, 3.63) is 233 Å². The number of ketones is 2. The number of hydrogen-bond donors (Lipinski definition) is 2. The van der Waals surface area contributed by atoms with E-state index in [-0.39, 0.29) is 11.6 Å². The fourth-order valence-corrected chi connectivity index (χ4v) is 8.77. The second-order valence-electron chi connectivity index (χ2n) is 18.2. The van der Waals surface area contributed by atoms with Crippen molar-refractivity contribution in [1.29, 1.82) is 10.5 Å². The van der Waals surface area contributed by atoms with Crippen LogP contribution in [-0.2, 0) is 35.3 Å². The highest BCUT2D eigenvalue weighted by atomic mass is 35.5. The highest BCUT2D eigenvalue weighted by Gasteiger charge is 2.16. The Bertz CT molecular complexity index is 3890. The Morgan fingerprint density at radius 1 is 0.481 bits per heavy atom. The Labute approximate surface area is 474 Å². The van der Waals surface area contributed by atoms with Gasteiger partial charge in [-0.1, -0.05) is 96.5 Å². The molecule has 0 saturated carbocycles. The third kappa shape index (κ3) is 15.4. The van der Waals surface area contributed by atoms with Gasteiger partial charge in [0.2, 0.25) is 0 Å². The number of hydrogen-bond acceptors (Lipinski definition) is 14. The van der Waals surface area contributed by atoms with E-state index in [1.54, 1.807) is 64.8 Å². The minimum atomic E-state index is 0.148. The number of anilines is 3. The summed E-state index contributed by atoms with van der Waals surface area (Å²) in [5.41, 5.74) is 13.7. The lowest BCUT2D eigenvalue weighted by molar-refractivity contribution is -0.118. The highest BCUT2D eigenvalue weighted by Crippen LogP contribution is 2.38. The van der Waals surface area contributed by atoms with Gasteiger partial charge in [0.1, 0.15) is 46.7 Å². The van der Waals surface area contributed by atoms with Gasteiger partial charge in [-0.05, 0) is 107 Å². The number of carbonyl (C=O) groups excluding carboxylic acids is 2. The molecule has 2 heterocycles. The van der Waals surface area contributed by atoms with Crippen LogP contribution in [0.2, 0.25) is 5.02 Å². The monoisotopic (exact) mass is 1090 g/mol. The van der Waals surface area contributed by atoms with Crippen molar-refractivity contribution in [2.24, 2.45) is 0 Å². The second kappa shape index (κ2) is 27.8. The summed E-state index contributed by atoms with van der Waals surface area (Å²) in [6.07, 6.45) is 4.56. The maximum absolute atomic E-state index is 12.5. The van der Waals surface area contributed by atoms with Crippen LogP contribution in [0.15, 0.2) is 194 Å². The van der Waals surface area contributed by atoms with Crippen LogP contribution in [0.4, 0.5) is 17.1 Å². The predicted octanol–water partition coefficient (Wildman–Crippen LogP) is 14.2. The van der Waals surface area contributed by atoms with Crippen molar-refractivity contribution >= 4 is 62.0 Å². The fourth-order valence-electron chi connectivity index (χ4n) is 8.53. The minimum Gasteiger partial charge on any atom is -0.493 e. The van der Waals surface area contributed by atoms with Gasteiger partial charge in [0.05, 0.1) is 61.3 Å². The number of rotatable bonds is 18. The third-order valence-electron chi connectivity index (χ3n) is 12.5. The lowest BCUT2D eigenvalue weighted by Crippen LogP contribution is -2.06. The number of methoxy groups -OCH3 is 4. The Kier molecular flexibility index (Phi) is 19.5. The Balaban J connectivity index is 0.000000177. The van der Waals surface area contributed by atoms with Crippen molar-refractivity contribution < 1.29 is 38.0 Å². The Morgan fingerprint density at radius 3 is 1.36 bits per heavy atom. The number of Topliss-reactive ketones (excluding diaryl/α,β-unsaturated/α-hetero) is 2. The van der Waals surface area contributed by atoms with Crippen LogP contribution in [-0.4, -0.2) is 50.0 Å². The van der Waals surface area contributed by atoms with Gasteiger partial charge < -0.3 is 39.5 Å². The minimum absolute atomic E-state index is 0.148. The van der Waals surface area contributed by atoms with Gasteiger partial charge in [0.15, 0.2) is 23.0 Å². The SMILES string of the molecule is COc1cc2ncc(C#N)c(Cl)c2cc1OC.COc1cc2ncc(C#N)c(Nc3ccc(Oc4cccc(CC(=O)Cc5ccccc5)c4)cc3)c2cc1OC.Nc1ccc(Oc2cccc(CC(=O)Cc3ccccc3)c2)cc1. The van der Waals surface area contributed by atoms with Crippen LogP contribution >= 0.6 is 11.6 Å². The number of benzene rings is 8. The van der Waals surface area contributed by atoms with E-state index >= 15 is 0 Å². The van der Waals surface area contributed by atoms with Gasteiger partial charge in [-0.15, -0.1) is 0 Å². The number of nitriles is 2. The molecule has 0 aliphatic heterocycles. The van der Waals surface area contributed by atoms with Crippen molar-refractivity contribution in [2.75, 3.05) is 39.5 Å². The van der Waals surface area contributed by atoms with E-state index in [4.69, 9.17) is 51.0 Å². The Hall–Kier alpha value is -10.4. The molecule has 0 spiro atoms. The lowest BCUT2D eigenvalue weighted by atomic mass is 10.0. The number of nitrogen functional groups attached to an aromatic ring is 1. The average molecular weight is 1100 g/mol. The van der Waals surface area contributed by atoms with Crippen molar-refractivity contribution in [1.82, 2.24) is 9.97 Å². The van der Waals surface area contributed by atoms with E-state index in [1.165, 1.54) is 12.4 Å². The summed E-state index contributed by atoms with van der Waals surface area (Å²) in [6.45, 7) is 0. The molecule has 15 heteroatoms. The average Bonchev–Trinajstić information content (AvgIpc) is 3.67. The maximum atomic E-state index is 12.5. The number of carbonyl (C=O) groups is 2. The zero-order valence-electron chi connectivity index (χ0n) is 44.8. The number of aromatic nitrogens is 2. The first-order valence-electron chi connectivity index (χ1n) is 25.4. The molecule has 10 rings (SSSR count). The summed E-state index contributed by atoms with van der Waals surface area (Å²) < 4.78 is 33.1. The molecule has 0 atom stereocenters. The molecule has 0 aliphatic carbocycles. The predicted molar refractivity (Wildman–Crippen MR) is 315 cm³/mol. The van der Waals surface area contributed by atoms with Gasteiger partial charge >= 0.3 is 0 Å². The van der Waals surface area contributed by atoms with Gasteiger partial charge in [0.25, 0.3) is 0 Å². The van der Waals surface area contributed by atoms with Crippen LogP contribution in [0.1, 0.15) is 33.4 Å². The number of nitrogens with zero attached hydrogens (tertiary/aromatic N) is 4. The molecular weight excluding hydrogens is 1040 g/mol. The highest BCUT2D eigenvalue weighted by molar-refractivity contribution is 6.36. The summed E-state index contributed by atoms with van der Waals surface area (Å²) in [4.78, 5) is 33.3. The summed E-state index contributed by atoms with van der Waals surface area (Å²) >= 11 is 6.11. The van der Waals surface area contributed by atoms with Gasteiger partial charge in [-0.3, -0.25) is 19.6 Å². The number of fused-ring (bicyclic) bond motifs is 2. The molecule has 0 amide bonds. The first-order valence-corrected chi connectivity index (χ1v) is 25.8. The van der Waals surface area contributed by atoms with Crippen LogP contribution in [0.3, 0.4) is 0 Å². The molecular formula is C66H55ClN6O8. The molecule has 8 aromatic carbocycles. The topological polar surface area (TPSA) is 201 Å². The molecule has 0 aliphatic rings. The van der Waals surface area contributed by atoms with Crippen LogP contribution in [0.25, 0.3) is 21.8 Å². The van der Waals surface area contributed by atoms with Gasteiger partial charge in [-0.2, -0.15) is 10.5 Å². The summed E-state index contributed by atoms with van der Waals surface area (Å²) in [7, 11) is 6.22. The number of halogens is 1. The van der Waals surface area contributed by atoms with E-state index < -0.39 is 0 Å². The van der Waals surface area contributed by atoms with E-state index in [9.17, 15) is 14.9 Å². The van der Waals surface area contributed by atoms with Crippen LogP contribution in [0.5, 0.6) is 46.0 Å². The lowest BCUT2D eigenvalue weighted by Gasteiger charge is -2.15. The number of pyridine rings is 2. The van der Waals surface area contributed by atoms with Gasteiger partial charge in [0, 0.05) is 72.4 Å². The smallest absolute Gasteiger partial charge is 0.162 e. The standard InChI is InChI=1S/C33H27N3O4.C21H19NO2.C12H9ClN2O2/c1-38-31-18-29-30(19-32(31)39-2)35-21-24(20-34)33(29)36-25-11-13-27(14-12-25)40-28-10-6-9-23(17-28)16-26(37)15-22-7-4-3-5-8-22;22-18-9-11-20(12-10-18)24-21-8-4-7-17(15-21)14-19(23)13-16-5-2-1-3-6-16;1-16-10-3-8-9(4-11(10)17-2)15-6-7(5-14)12(8)13/h3-14,17-19,21H,15-16H2,1-2H3,(H,35,36);1-12,15H,13-14,22H2;3-4,6H,1-2H3. The van der Waals surface area contributed by atoms with Crippen molar-refractivity contribution in [3.63, 3.8) is 0 Å². The first kappa shape index (κ1) is 56.8. The van der Waals surface area contributed by atoms with Crippen molar-refractivity contribution in [2.45, 2.75) is 25.7 Å². The Morgan fingerprint density at radius 2 is 0.889 bits per heavy atom. The van der Waals surface area contributed by atoms with E-state index in [2.05, 4.69) is 21.4 Å². The molecule has 2 aromatic heterocycles. The van der Waals surface area contributed by atoms with E-state index in [0.29, 0.717) is 110 Å². The largest absolute Gasteiger partial charge is 0.493 e. The summed E-state index contributed by atoms with van der Waals surface area (Å²) in [5, 5.41) is 23.7. The van der Waals surface area contributed by atoms with Crippen LogP contribution < -0.4 is 39.5 Å². The van der Waals surface area contributed by atoms with Crippen LogP contribution in [0, 0.1) is 22.7 Å². The molecule has 10 aromatic rings. The molecule has 0 bridgehead atoms. The number of ether oxygens (including phenoxy) is 6. The quantitative estimate of drug-likeness (QED) is 0.0769. The molecule has 3 N–H and O–H groups in total. The number of nitrogens with two attached hydrogens (primary N) is 1. The summed E-state index contributed by atoms with van der Waals surface area (Å²) in [6, 6.07) is 60.6. The summed E-state index contributed by atoms with van der Waals surface area (Å²) in [5.74, 6) is 5.30. The molecule has 81 heavy (non-hydrogen) atoms. The molecule has 0 unspecified atom stereocenters. The molecule has 404 valence electrons. The zero-order valence-corrected chi connectivity index (χ0v) is 45.6. The van der Waals surface area contributed by atoms with Crippen molar-refractivity contribution in [3.8, 4) is 58.1 Å². The zero-order chi connectivity index (χ0) is 57.1. The fraction of sp³-hybridized carbons (Fsp3) is 0.121. The molecule has 14 nitrogen and oxygen atoms in total. The van der Waals surface area contributed by atoms with E-state index in [1.807, 2.05) is 152 Å².